The number of hydrogen-bond acceptors (Lipinski definition) is 10. The van der Waals surface area contributed by atoms with Crippen LogP contribution in [0.4, 0.5) is 5.95 Å². The van der Waals surface area contributed by atoms with Gasteiger partial charge in [0.05, 0.1) is 38.1 Å². The van der Waals surface area contributed by atoms with Crippen LogP contribution in [0.2, 0.25) is 0 Å². The highest BCUT2D eigenvalue weighted by Gasteiger charge is 2.39. The first kappa shape index (κ1) is 31.1. The summed E-state index contributed by atoms with van der Waals surface area (Å²) in [6.45, 7) is 14.7. The minimum absolute atomic E-state index is 0.0430. The molecule has 13 nitrogen and oxygen atoms in total. The average molecular weight is 566 g/mol. The van der Waals surface area contributed by atoms with Crippen LogP contribution >= 0.6 is 8.53 Å². The maximum absolute atomic E-state index is 12.7. The first-order valence-electron chi connectivity index (χ1n) is 13.3. The van der Waals surface area contributed by atoms with Crippen molar-refractivity contribution in [1.82, 2.24) is 24.2 Å². The zero-order valence-electron chi connectivity index (χ0n) is 23.7. The minimum Gasteiger partial charge on any atom is -0.374 e. The van der Waals surface area contributed by atoms with E-state index in [0.29, 0.717) is 13.0 Å². The summed E-state index contributed by atoms with van der Waals surface area (Å²) >= 11 is 0. The van der Waals surface area contributed by atoms with Crippen molar-refractivity contribution in [2.24, 2.45) is 5.92 Å². The van der Waals surface area contributed by atoms with Crippen molar-refractivity contribution in [3.05, 3.63) is 16.7 Å². The highest BCUT2D eigenvalue weighted by Crippen LogP contribution is 2.47. The molecule has 2 aromatic heterocycles. The molecule has 216 valence electrons. The second-order valence-corrected chi connectivity index (χ2v) is 11.6. The molecule has 3 rings (SSSR count). The van der Waals surface area contributed by atoms with Crippen LogP contribution in [-0.2, 0) is 23.3 Å². The first-order valence-corrected chi connectivity index (χ1v) is 14.5. The lowest BCUT2D eigenvalue weighted by Crippen LogP contribution is -2.34. The predicted molar refractivity (Wildman–Crippen MR) is 147 cm³/mol. The summed E-state index contributed by atoms with van der Waals surface area (Å²) in [4.78, 5) is 36.1. The van der Waals surface area contributed by atoms with Crippen LogP contribution in [0.3, 0.4) is 0 Å². The van der Waals surface area contributed by atoms with Crippen molar-refractivity contribution in [3.8, 4) is 6.07 Å². The van der Waals surface area contributed by atoms with Crippen LogP contribution < -0.4 is 10.9 Å². The summed E-state index contributed by atoms with van der Waals surface area (Å²) in [5.74, 6) is -0.509. The molecule has 1 saturated heterocycles. The molecule has 0 spiro atoms. The van der Waals surface area contributed by atoms with Gasteiger partial charge in [-0.15, -0.1) is 0 Å². The van der Waals surface area contributed by atoms with Crippen molar-refractivity contribution in [3.63, 3.8) is 0 Å². The van der Waals surface area contributed by atoms with Crippen LogP contribution in [0, 0.1) is 17.2 Å². The zero-order valence-corrected chi connectivity index (χ0v) is 24.6. The monoisotopic (exact) mass is 565 g/mol. The maximum Gasteiger partial charge on any atom is 0.280 e. The van der Waals surface area contributed by atoms with Crippen molar-refractivity contribution in [2.75, 3.05) is 25.1 Å². The van der Waals surface area contributed by atoms with Gasteiger partial charge in [-0.05, 0) is 34.6 Å². The van der Waals surface area contributed by atoms with E-state index in [2.05, 4.69) is 58.7 Å². The molecular weight excluding hydrogens is 525 g/mol. The number of imidazole rings is 1. The number of H-pyrrole nitrogens is 1. The number of nitrogens with one attached hydrogen (secondary N) is 2. The van der Waals surface area contributed by atoms with Crippen LogP contribution in [-0.4, -0.2) is 74.2 Å². The molecular formula is C25H40N7O6P. The fourth-order valence-electron chi connectivity index (χ4n) is 4.33. The fourth-order valence-corrected chi connectivity index (χ4v) is 5.96. The van der Waals surface area contributed by atoms with Crippen LogP contribution in [0.5, 0.6) is 0 Å². The van der Waals surface area contributed by atoms with Gasteiger partial charge in [-0.3, -0.25) is 24.5 Å². The molecule has 1 amide bonds. The summed E-state index contributed by atoms with van der Waals surface area (Å²) < 4.78 is 28.5. The summed E-state index contributed by atoms with van der Waals surface area (Å²) in [7, 11) is -1.42. The van der Waals surface area contributed by atoms with Gasteiger partial charge in [-0.25, -0.2) is 9.65 Å². The number of hydrogen-bond donors (Lipinski definition) is 2. The summed E-state index contributed by atoms with van der Waals surface area (Å²) in [6.07, 6.45) is 1.05. The Kier molecular flexibility index (Phi) is 11.4. The number of nitrogens with zero attached hydrogens (tertiary/aromatic N) is 5. The van der Waals surface area contributed by atoms with Gasteiger partial charge in [0, 0.05) is 31.0 Å². The molecule has 4 atom stereocenters. The molecule has 1 aliphatic rings. The van der Waals surface area contributed by atoms with E-state index >= 15 is 0 Å². The number of nitriles is 1. The smallest absolute Gasteiger partial charge is 0.280 e. The van der Waals surface area contributed by atoms with E-state index in [0.717, 1.165) is 0 Å². The Morgan fingerprint density at radius 2 is 2.03 bits per heavy atom. The lowest BCUT2D eigenvalue weighted by molar-refractivity contribution is -0.118. The molecule has 2 aromatic rings. The Labute approximate surface area is 230 Å². The number of anilines is 1. The first-order chi connectivity index (χ1) is 18.6. The topological polar surface area (TPSA) is 157 Å². The third-order valence-electron chi connectivity index (χ3n) is 6.03. The predicted octanol–water partition coefficient (Wildman–Crippen LogP) is 3.70. The number of aromatic nitrogens is 4. The van der Waals surface area contributed by atoms with Gasteiger partial charge in [0.2, 0.25) is 11.9 Å². The average Bonchev–Trinajstić information content (AvgIpc) is 3.46. The number of aromatic amines is 1. The maximum atomic E-state index is 12.7. The molecule has 14 heteroatoms. The van der Waals surface area contributed by atoms with Gasteiger partial charge in [0.1, 0.15) is 6.10 Å². The second kappa shape index (κ2) is 14.3. The van der Waals surface area contributed by atoms with Gasteiger partial charge >= 0.3 is 0 Å². The van der Waals surface area contributed by atoms with Crippen molar-refractivity contribution in [1.29, 1.82) is 5.26 Å². The van der Waals surface area contributed by atoms with Crippen LogP contribution in [0.25, 0.3) is 11.2 Å². The van der Waals surface area contributed by atoms with Gasteiger partial charge < -0.3 is 18.5 Å². The fraction of sp³-hybridized carbons (Fsp3) is 0.720. The zero-order chi connectivity index (χ0) is 28.7. The molecule has 0 aromatic carbocycles. The summed E-state index contributed by atoms with van der Waals surface area (Å²) in [5.41, 5.74) is -0.0526. The van der Waals surface area contributed by atoms with Gasteiger partial charge in [-0.1, -0.05) is 13.8 Å². The normalized spacial score (nSPS) is 20.4. The van der Waals surface area contributed by atoms with E-state index in [1.54, 1.807) is 18.4 Å². The number of ether oxygens (including phenoxy) is 2. The van der Waals surface area contributed by atoms with Gasteiger partial charge in [-0.2, -0.15) is 10.2 Å². The Morgan fingerprint density at radius 3 is 2.64 bits per heavy atom. The molecule has 1 unspecified atom stereocenters. The van der Waals surface area contributed by atoms with Gasteiger partial charge in [0.25, 0.3) is 14.1 Å². The molecule has 2 N–H and O–H groups in total. The van der Waals surface area contributed by atoms with E-state index in [4.69, 9.17) is 23.8 Å². The molecule has 0 bridgehead atoms. The van der Waals surface area contributed by atoms with E-state index in [9.17, 15) is 9.59 Å². The number of amides is 1. The molecule has 3 heterocycles. The molecule has 1 aliphatic heterocycles. The standard InChI is InChI=1S/C25H40N7O6P/c1-8-35-19-12-18(13-37-39(36-11-9-10-26)32(16(4)5)17(6)7)38-24(19)31-14-27-20-21(31)28-25(30-23(20)34)29-22(33)15(2)3/h14-19,24H,8-9,11-13H2,1-7H3,(H2,28,29,30,33,34)/t18-,19+,24+,39?/m0/s1. The SMILES string of the molecule is CCO[C@@H]1C[C@@H](COP(OCCC#N)N(C(C)C)C(C)C)O[C@H]1n1cnc2c(=O)[nH]c(NC(=O)C(C)C)nc21. The van der Waals surface area contributed by atoms with E-state index in [-0.39, 0.29) is 72.9 Å². The molecule has 0 radical (unpaired) electrons. The Balaban J connectivity index is 1.82. The number of rotatable bonds is 14. The van der Waals surface area contributed by atoms with Crippen molar-refractivity contribution < 1.29 is 23.3 Å². The van der Waals surface area contributed by atoms with E-state index < -0.39 is 20.3 Å². The third kappa shape index (κ3) is 7.81. The molecule has 0 saturated carbocycles. The third-order valence-corrected chi connectivity index (χ3v) is 8.11. The largest absolute Gasteiger partial charge is 0.374 e. The second-order valence-electron chi connectivity index (χ2n) is 10.1. The Bertz CT molecular complexity index is 1190. The Hall–Kier alpha value is -2.46. The molecule has 0 aliphatic carbocycles. The lowest BCUT2D eigenvalue weighted by atomic mass is 10.2. The van der Waals surface area contributed by atoms with Crippen molar-refractivity contribution >= 4 is 31.5 Å². The number of carbonyl (C=O) groups is 1. The molecule has 1 fully saturated rings. The molecule has 39 heavy (non-hydrogen) atoms. The summed E-state index contributed by atoms with van der Waals surface area (Å²) in [6, 6.07) is 2.46. The number of carbonyl (C=O) groups excluding carboxylic acids is 1. The van der Waals surface area contributed by atoms with Crippen LogP contribution in [0.1, 0.15) is 67.5 Å². The minimum atomic E-state index is -1.42. The lowest BCUT2D eigenvalue weighted by Gasteiger charge is -2.35. The Morgan fingerprint density at radius 1 is 1.31 bits per heavy atom. The highest BCUT2D eigenvalue weighted by atomic mass is 31.2. The van der Waals surface area contributed by atoms with E-state index in [1.807, 2.05) is 6.92 Å². The van der Waals surface area contributed by atoms with Gasteiger partial charge in [0.15, 0.2) is 17.4 Å². The summed E-state index contributed by atoms with van der Waals surface area (Å²) in [5, 5.41) is 11.6. The van der Waals surface area contributed by atoms with E-state index in [1.165, 1.54) is 6.33 Å². The van der Waals surface area contributed by atoms with Crippen LogP contribution in [0.15, 0.2) is 11.1 Å². The highest BCUT2D eigenvalue weighted by molar-refractivity contribution is 7.44. The quantitative estimate of drug-likeness (QED) is 0.256. The van der Waals surface area contributed by atoms with Crippen molar-refractivity contribution in [2.45, 2.75) is 91.8 Å². The number of fused-ring (bicyclic) bond motifs is 1.